The quantitative estimate of drug-likeness (QED) is 0.882. The Morgan fingerprint density at radius 2 is 1.70 bits per heavy atom. The summed E-state index contributed by atoms with van der Waals surface area (Å²) in [4.78, 5) is 26.4. The Kier molecular flexibility index (Phi) is 3.86. The predicted molar refractivity (Wildman–Crippen MR) is 83.9 cm³/mol. The van der Waals surface area contributed by atoms with Crippen LogP contribution in [0.1, 0.15) is 24.5 Å². The number of rotatable bonds is 4. The molecule has 1 atom stereocenters. The van der Waals surface area contributed by atoms with Crippen molar-refractivity contribution >= 4 is 11.9 Å². The SMILES string of the molecule is CC[C@]1(c2ccc(F)cc2)NC(=O)N(Cc2ccccc2)C1=O. The molecule has 0 bridgehead atoms. The normalized spacial score (nSPS) is 20.7. The average molecular weight is 312 g/mol. The van der Waals surface area contributed by atoms with Crippen molar-refractivity contribution < 1.29 is 14.0 Å². The van der Waals surface area contributed by atoms with Crippen LogP contribution in [0, 0.1) is 5.82 Å². The van der Waals surface area contributed by atoms with E-state index in [2.05, 4.69) is 5.32 Å². The standard InChI is InChI=1S/C18H17FN2O2/c1-2-18(14-8-10-15(19)11-9-14)16(22)21(17(23)20-18)12-13-6-4-3-5-7-13/h3-11H,2,12H2,1H3,(H,20,23)/t18-/m1/s1. The van der Waals surface area contributed by atoms with Gasteiger partial charge in [-0.3, -0.25) is 9.69 Å². The van der Waals surface area contributed by atoms with Gasteiger partial charge in [-0.15, -0.1) is 0 Å². The zero-order valence-corrected chi connectivity index (χ0v) is 12.8. The molecule has 5 heteroatoms. The van der Waals surface area contributed by atoms with Gasteiger partial charge in [0.2, 0.25) is 0 Å². The highest BCUT2D eigenvalue weighted by Gasteiger charge is 2.51. The summed E-state index contributed by atoms with van der Waals surface area (Å²) in [6, 6.07) is 14.6. The minimum Gasteiger partial charge on any atom is -0.319 e. The van der Waals surface area contributed by atoms with Crippen LogP contribution in [0.15, 0.2) is 54.6 Å². The van der Waals surface area contributed by atoms with Crippen LogP contribution in [0.3, 0.4) is 0 Å². The van der Waals surface area contributed by atoms with Crippen LogP contribution >= 0.6 is 0 Å². The van der Waals surface area contributed by atoms with Crippen molar-refractivity contribution in [1.29, 1.82) is 0 Å². The second-order valence-corrected chi connectivity index (χ2v) is 5.57. The van der Waals surface area contributed by atoms with Gasteiger partial charge in [0.1, 0.15) is 11.4 Å². The molecule has 118 valence electrons. The van der Waals surface area contributed by atoms with Crippen LogP contribution < -0.4 is 5.32 Å². The van der Waals surface area contributed by atoms with Gasteiger partial charge in [-0.25, -0.2) is 9.18 Å². The van der Waals surface area contributed by atoms with Gasteiger partial charge in [-0.2, -0.15) is 0 Å². The third kappa shape index (κ3) is 2.59. The van der Waals surface area contributed by atoms with Crippen molar-refractivity contribution in [1.82, 2.24) is 10.2 Å². The molecule has 4 nitrogen and oxygen atoms in total. The Balaban J connectivity index is 1.93. The van der Waals surface area contributed by atoms with E-state index in [1.807, 2.05) is 37.3 Å². The molecule has 0 radical (unpaired) electrons. The van der Waals surface area contributed by atoms with E-state index in [0.29, 0.717) is 12.0 Å². The molecule has 0 aliphatic carbocycles. The first-order valence-corrected chi connectivity index (χ1v) is 7.51. The number of amides is 3. The molecule has 0 saturated carbocycles. The zero-order chi connectivity index (χ0) is 16.4. The molecule has 1 aliphatic rings. The number of benzene rings is 2. The highest BCUT2D eigenvalue weighted by atomic mass is 19.1. The fourth-order valence-electron chi connectivity index (χ4n) is 2.91. The van der Waals surface area contributed by atoms with E-state index in [9.17, 15) is 14.0 Å². The number of halogens is 1. The highest BCUT2D eigenvalue weighted by molar-refractivity contribution is 6.07. The Bertz CT molecular complexity index is 730. The van der Waals surface area contributed by atoms with E-state index >= 15 is 0 Å². The summed E-state index contributed by atoms with van der Waals surface area (Å²) >= 11 is 0. The van der Waals surface area contributed by atoms with Crippen molar-refractivity contribution in [2.75, 3.05) is 0 Å². The van der Waals surface area contributed by atoms with Crippen LogP contribution in [-0.4, -0.2) is 16.8 Å². The van der Waals surface area contributed by atoms with E-state index < -0.39 is 11.6 Å². The molecule has 3 amide bonds. The lowest BCUT2D eigenvalue weighted by Gasteiger charge is -2.25. The number of nitrogens with zero attached hydrogens (tertiary/aromatic N) is 1. The van der Waals surface area contributed by atoms with Crippen molar-refractivity contribution in [2.24, 2.45) is 0 Å². The number of carbonyl (C=O) groups is 2. The summed E-state index contributed by atoms with van der Waals surface area (Å²) in [7, 11) is 0. The largest absolute Gasteiger partial charge is 0.325 e. The summed E-state index contributed by atoms with van der Waals surface area (Å²) in [5.41, 5.74) is 0.344. The third-order valence-electron chi connectivity index (χ3n) is 4.23. The number of carbonyl (C=O) groups excluding carboxylic acids is 2. The summed E-state index contributed by atoms with van der Waals surface area (Å²) in [6.45, 7) is 2.04. The summed E-state index contributed by atoms with van der Waals surface area (Å²) in [5.74, 6) is -0.682. The van der Waals surface area contributed by atoms with Gasteiger partial charge in [-0.05, 0) is 29.7 Å². The number of urea groups is 1. The second kappa shape index (κ2) is 5.83. The maximum atomic E-state index is 13.2. The molecule has 1 heterocycles. The molecule has 1 fully saturated rings. The summed E-state index contributed by atoms with van der Waals surface area (Å²) in [6.07, 6.45) is 0.397. The monoisotopic (exact) mass is 312 g/mol. The molecule has 2 aromatic rings. The first-order chi connectivity index (χ1) is 11.1. The molecule has 1 N–H and O–H groups in total. The van der Waals surface area contributed by atoms with Gasteiger partial charge in [0.25, 0.3) is 5.91 Å². The minimum absolute atomic E-state index is 0.217. The highest BCUT2D eigenvalue weighted by Crippen LogP contribution is 2.33. The second-order valence-electron chi connectivity index (χ2n) is 5.57. The molecular formula is C18H17FN2O2. The fraction of sp³-hybridized carbons (Fsp3) is 0.222. The van der Waals surface area contributed by atoms with Crippen molar-refractivity contribution in [3.63, 3.8) is 0 Å². The maximum absolute atomic E-state index is 13.2. The average Bonchev–Trinajstić information content (AvgIpc) is 2.82. The lowest BCUT2D eigenvalue weighted by atomic mass is 9.87. The van der Waals surface area contributed by atoms with Gasteiger partial charge in [0.05, 0.1) is 6.54 Å². The molecule has 1 aliphatic heterocycles. The van der Waals surface area contributed by atoms with Gasteiger partial charge < -0.3 is 5.32 Å². The van der Waals surface area contributed by atoms with E-state index in [1.165, 1.54) is 17.0 Å². The Morgan fingerprint density at radius 1 is 1.04 bits per heavy atom. The molecule has 2 aromatic carbocycles. The summed E-state index contributed by atoms with van der Waals surface area (Å²) in [5, 5.41) is 2.79. The van der Waals surface area contributed by atoms with Crippen molar-refractivity contribution in [3.05, 3.63) is 71.5 Å². The number of imide groups is 1. The summed E-state index contributed by atoms with van der Waals surface area (Å²) < 4.78 is 13.2. The Labute approximate surface area is 133 Å². The van der Waals surface area contributed by atoms with Crippen LogP contribution in [-0.2, 0) is 16.9 Å². The van der Waals surface area contributed by atoms with Gasteiger partial charge >= 0.3 is 6.03 Å². The number of hydrogen-bond donors (Lipinski definition) is 1. The van der Waals surface area contributed by atoms with Crippen molar-refractivity contribution in [3.8, 4) is 0 Å². The van der Waals surface area contributed by atoms with Crippen molar-refractivity contribution in [2.45, 2.75) is 25.4 Å². The lowest BCUT2D eigenvalue weighted by molar-refractivity contribution is -0.132. The first kappa shape index (κ1) is 15.2. The van der Waals surface area contributed by atoms with E-state index in [-0.39, 0.29) is 18.3 Å². The third-order valence-corrected chi connectivity index (χ3v) is 4.23. The predicted octanol–water partition coefficient (Wildman–Crippen LogP) is 3.18. The van der Waals surface area contributed by atoms with Crippen LogP contribution in [0.2, 0.25) is 0 Å². The first-order valence-electron chi connectivity index (χ1n) is 7.51. The number of nitrogens with one attached hydrogen (secondary N) is 1. The Hall–Kier alpha value is -2.69. The molecule has 0 aromatic heterocycles. The van der Waals surface area contributed by atoms with E-state index in [1.54, 1.807) is 12.1 Å². The maximum Gasteiger partial charge on any atom is 0.325 e. The molecule has 0 unspecified atom stereocenters. The molecule has 3 rings (SSSR count). The van der Waals surface area contributed by atoms with E-state index in [0.717, 1.165) is 5.56 Å². The van der Waals surface area contributed by atoms with E-state index in [4.69, 9.17) is 0 Å². The fourth-order valence-corrected chi connectivity index (χ4v) is 2.91. The van der Waals surface area contributed by atoms with Crippen LogP contribution in [0.5, 0.6) is 0 Å². The van der Waals surface area contributed by atoms with Crippen LogP contribution in [0.25, 0.3) is 0 Å². The van der Waals surface area contributed by atoms with Gasteiger partial charge in [-0.1, -0.05) is 49.4 Å². The lowest BCUT2D eigenvalue weighted by Crippen LogP contribution is -2.43. The topological polar surface area (TPSA) is 49.4 Å². The van der Waals surface area contributed by atoms with Gasteiger partial charge in [0, 0.05) is 0 Å². The molecule has 1 saturated heterocycles. The zero-order valence-electron chi connectivity index (χ0n) is 12.8. The molecule has 23 heavy (non-hydrogen) atoms. The Morgan fingerprint density at radius 3 is 2.30 bits per heavy atom. The smallest absolute Gasteiger partial charge is 0.319 e. The molecular weight excluding hydrogens is 295 g/mol. The molecule has 0 spiro atoms. The van der Waals surface area contributed by atoms with Crippen LogP contribution in [0.4, 0.5) is 9.18 Å². The number of hydrogen-bond acceptors (Lipinski definition) is 2. The van der Waals surface area contributed by atoms with Gasteiger partial charge in [0.15, 0.2) is 0 Å². The minimum atomic E-state index is -1.13.